The highest BCUT2D eigenvalue weighted by Gasteiger charge is 2.07. The number of rotatable bonds is 2. The van der Waals surface area contributed by atoms with Gasteiger partial charge < -0.3 is 9.90 Å². The van der Waals surface area contributed by atoms with Gasteiger partial charge >= 0.3 is 0 Å². The van der Waals surface area contributed by atoms with Gasteiger partial charge in [-0.2, -0.15) is 8.42 Å². The highest BCUT2D eigenvalue weighted by molar-refractivity contribution is 7.85. The van der Waals surface area contributed by atoms with Crippen LogP contribution in [0.2, 0.25) is 0 Å². The largest absolute Gasteiger partial charge is 0.545 e. The van der Waals surface area contributed by atoms with Crippen molar-refractivity contribution in [2.45, 2.75) is 4.90 Å². The van der Waals surface area contributed by atoms with Crippen molar-refractivity contribution in [2.24, 2.45) is 0 Å². The van der Waals surface area contributed by atoms with Crippen LogP contribution < -0.4 is 5.11 Å². The first-order valence-electron chi connectivity index (χ1n) is 5.77. The van der Waals surface area contributed by atoms with E-state index < -0.39 is 16.1 Å². The maximum Gasteiger partial charge on any atom is 0.294 e. The molecule has 1 N–H and O–H groups in total. The van der Waals surface area contributed by atoms with Crippen LogP contribution in [0.4, 0.5) is 0 Å². The summed E-state index contributed by atoms with van der Waals surface area (Å²) in [7, 11) is -4.21. The Kier molecular flexibility index (Phi) is 4.08. The van der Waals surface area contributed by atoms with Crippen LogP contribution in [0.3, 0.4) is 0 Å². The van der Waals surface area contributed by atoms with E-state index in [-0.39, 0.29) is 10.5 Å². The fraction of sp³-hybridized carbons (Fsp3) is 0. The number of hydrogen-bond acceptors (Lipinski definition) is 4. The van der Waals surface area contributed by atoms with Gasteiger partial charge in [0.1, 0.15) is 0 Å². The van der Waals surface area contributed by atoms with Crippen LogP contribution in [-0.2, 0) is 10.1 Å². The number of carbonyl (C=O) groups excluding carboxylic acids is 1. The molecule has 0 atom stereocenters. The average molecular weight is 301 g/mol. The lowest BCUT2D eigenvalue weighted by molar-refractivity contribution is -0.255. The van der Waals surface area contributed by atoms with Gasteiger partial charge in [-0.15, -0.1) is 0 Å². The number of hydrogen-bond donors (Lipinski definition) is 1. The molecule has 0 heterocycles. The second-order valence-corrected chi connectivity index (χ2v) is 5.54. The fourth-order valence-electron chi connectivity index (χ4n) is 1.54. The number of carboxylic acid groups (broad SMARTS) is 1. The first kappa shape index (κ1) is 14.8. The first-order chi connectivity index (χ1) is 9.86. The van der Waals surface area contributed by atoms with E-state index in [2.05, 4.69) is 11.8 Å². The minimum absolute atomic E-state index is 0.0676. The van der Waals surface area contributed by atoms with E-state index in [1.165, 1.54) is 36.4 Å². The van der Waals surface area contributed by atoms with Crippen molar-refractivity contribution in [1.29, 1.82) is 0 Å². The fourth-order valence-corrected chi connectivity index (χ4v) is 2.02. The summed E-state index contributed by atoms with van der Waals surface area (Å²) in [5.41, 5.74) is 1.24. The van der Waals surface area contributed by atoms with E-state index in [1.54, 1.807) is 12.1 Å². The molecule has 2 aromatic carbocycles. The SMILES string of the molecule is O=C([O-])c1ccc(C#Cc2ccc(S(=O)(=O)O)cc2)cc1. The molecule has 0 aliphatic carbocycles. The Morgan fingerprint density at radius 1 is 0.905 bits per heavy atom. The molecular formula is C15H9O5S-. The highest BCUT2D eigenvalue weighted by atomic mass is 32.2. The smallest absolute Gasteiger partial charge is 0.294 e. The van der Waals surface area contributed by atoms with Crippen LogP contribution >= 0.6 is 0 Å². The summed E-state index contributed by atoms with van der Waals surface area (Å²) < 4.78 is 30.6. The van der Waals surface area contributed by atoms with Crippen LogP contribution in [0.15, 0.2) is 53.4 Å². The molecule has 5 nitrogen and oxygen atoms in total. The molecule has 0 aromatic heterocycles. The van der Waals surface area contributed by atoms with Crippen LogP contribution in [0, 0.1) is 11.8 Å². The van der Waals surface area contributed by atoms with Crippen molar-refractivity contribution >= 4 is 16.1 Å². The lowest BCUT2D eigenvalue weighted by Crippen LogP contribution is -2.21. The number of carboxylic acids is 1. The zero-order valence-corrected chi connectivity index (χ0v) is 11.4. The summed E-state index contributed by atoms with van der Waals surface area (Å²) in [6.45, 7) is 0. The molecule has 21 heavy (non-hydrogen) atoms. The molecule has 0 amide bonds. The van der Waals surface area contributed by atoms with E-state index >= 15 is 0 Å². The zero-order valence-electron chi connectivity index (χ0n) is 10.6. The summed E-state index contributed by atoms with van der Waals surface area (Å²) in [6.07, 6.45) is 0. The lowest BCUT2D eigenvalue weighted by Gasteiger charge is -2.00. The molecule has 0 aliphatic rings. The Morgan fingerprint density at radius 2 is 1.33 bits per heavy atom. The molecule has 0 saturated heterocycles. The van der Waals surface area contributed by atoms with E-state index in [0.29, 0.717) is 11.1 Å². The van der Waals surface area contributed by atoms with Crippen molar-refractivity contribution in [3.8, 4) is 11.8 Å². The third-order valence-corrected chi connectivity index (χ3v) is 3.49. The van der Waals surface area contributed by atoms with Gasteiger partial charge in [0.2, 0.25) is 0 Å². The first-order valence-corrected chi connectivity index (χ1v) is 7.21. The molecule has 106 valence electrons. The predicted molar refractivity (Wildman–Crippen MR) is 73.0 cm³/mol. The molecule has 0 unspecified atom stereocenters. The van der Waals surface area contributed by atoms with Gasteiger partial charge in [0.25, 0.3) is 10.1 Å². The number of aromatic carboxylic acids is 1. The van der Waals surface area contributed by atoms with Crippen LogP contribution in [0.1, 0.15) is 21.5 Å². The lowest BCUT2D eigenvalue weighted by atomic mass is 10.1. The zero-order chi connectivity index (χ0) is 15.5. The molecule has 0 saturated carbocycles. The van der Waals surface area contributed by atoms with Crippen molar-refractivity contribution in [2.75, 3.05) is 0 Å². The molecule has 0 spiro atoms. The predicted octanol–water partition coefficient (Wildman–Crippen LogP) is 0.697. The Balaban J connectivity index is 2.21. The highest BCUT2D eigenvalue weighted by Crippen LogP contribution is 2.09. The van der Waals surface area contributed by atoms with Crippen LogP contribution in [-0.4, -0.2) is 18.9 Å². The Hall–Kier alpha value is -2.62. The maximum absolute atomic E-state index is 10.9. The Morgan fingerprint density at radius 3 is 1.71 bits per heavy atom. The summed E-state index contributed by atoms with van der Waals surface area (Å²) in [6, 6.07) is 11.3. The molecule has 0 fully saturated rings. The Labute approximate surface area is 121 Å². The van der Waals surface area contributed by atoms with Gasteiger partial charge in [-0.25, -0.2) is 0 Å². The standard InChI is InChI=1S/C15H10O5S/c16-15(17)13-7-3-11(4-8-13)1-2-12-5-9-14(10-6-12)21(18,19)20/h3-10H,(H,16,17)(H,18,19,20)/p-1. The topological polar surface area (TPSA) is 94.5 Å². The quantitative estimate of drug-likeness (QED) is 0.650. The van der Waals surface area contributed by atoms with Gasteiger partial charge in [-0.1, -0.05) is 24.0 Å². The van der Waals surface area contributed by atoms with Gasteiger partial charge in [0.05, 0.1) is 10.9 Å². The van der Waals surface area contributed by atoms with Crippen molar-refractivity contribution in [3.05, 3.63) is 65.2 Å². The molecule has 0 radical (unpaired) electrons. The summed E-state index contributed by atoms with van der Waals surface area (Å²) in [4.78, 5) is 10.4. The molecule has 2 rings (SSSR count). The molecule has 2 aromatic rings. The molecular weight excluding hydrogens is 292 g/mol. The van der Waals surface area contributed by atoms with E-state index in [4.69, 9.17) is 4.55 Å². The van der Waals surface area contributed by atoms with E-state index in [1.807, 2.05) is 0 Å². The second-order valence-electron chi connectivity index (χ2n) is 4.11. The van der Waals surface area contributed by atoms with E-state index in [9.17, 15) is 18.3 Å². The Bertz CT molecular complexity index is 822. The normalized spacial score (nSPS) is 10.5. The van der Waals surface area contributed by atoms with Crippen LogP contribution in [0.25, 0.3) is 0 Å². The van der Waals surface area contributed by atoms with Crippen molar-refractivity contribution in [1.82, 2.24) is 0 Å². The monoisotopic (exact) mass is 301 g/mol. The maximum atomic E-state index is 10.9. The van der Waals surface area contributed by atoms with Gasteiger partial charge in [-0.3, -0.25) is 4.55 Å². The molecule has 0 bridgehead atoms. The summed E-state index contributed by atoms with van der Waals surface area (Å²) >= 11 is 0. The van der Waals surface area contributed by atoms with Crippen molar-refractivity contribution < 1.29 is 22.9 Å². The minimum atomic E-state index is -4.21. The third-order valence-electron chi connectivity index (χ3n) is 2.62. The van der Waals surface area contributed by atoms with E-state index in [0.717, 1.165) is 0 Å². The summed E-state index contributed by atoms with van der Waals surface area (Å²) in [5.74, 6) is 4.35. The average Bonchev–Trinajstić information content (AvgIpc) is 2.45. The summed E-state index contributed by atoms with van der Waals surface area (Å²) in [5, 5.41) is 10.6. The minimum Gasteiger partial charge on any atom is -0.545 e. The van der Waals surface area contributed by atoms with Crippen molar-refractivity contribution in [3.63, 3.8) is 0 Å². The van der Waals surface area contributed by atoms with Gasteiger partial charge in [0, 0.05) is 11.1 Å². The number of benzene rings is 2. The molecule has 6 heteroatoms. The second kappa shape index (κ2) is 5.79. The van der Waals surface area contributed by atoms with Gasteiger partial charge in [0.15, 0.2) is 0 Å². The number of carbonyl (C=O) groups is 1. The van der Waals surface area contributed by atoms with Gasteiger partial charge in [-0.05, 0) is 42.0 Å². The third kappa shape index (κ3) is 3.92. The van der Waals surface area contributed by atoms with Crippen LogP contribution in [0.5, 0.6) is 0 Å². The molecule has 0 aliphatic heterocycles.